The van der Waals surface area contributed by atoms with E-state index in [2.05, 4.69) is 43.5 Å². The van der Waals surface area contributed by atoms with Gasteiger partial charge in [0.25, 0.3) is 0 Å². The van der Waals surface area contributed by atoms with Crippen LogP contribution < -0.4 is 5.32 Å². The second-order valence-electron chi connectivity index (χ2n) is 21.7. The van der Waals surface area contributed by atoms with E-state index in [9.17, 15) is 19.8 Å². The van der Waals surface area contributed by atoms with Crippen molar-refractivity contribution in [2.45, 2.75) is 353 Å². The quantitative estimate of drug-likeness (QED) is 0.0321. The van der Waals surface area contributed by atoms with Crippen LogP contribution in [-0.4, -0.2) is 47.4 Å². The number of carbonyl (C=O) groups excluding carboxylic acids is 2. The topological polar surface area (TPSA) is 95.9 Å². The second kappa shape index (κ2) is 60.6. The Hall–Kier alpha value is -1.92. The van der Waals surface area contributed by atoms with Crippen LogP contribution in [-0.2, 0) is 14.3 Å². The Morgan fingerprint density at radius 3 is 1.00 bits per heavy atom. The van der Waals surface area contributed by atoms with Gasteiger partial charge in [-0.3, -0.25) is 9.59 Å². The van der Waals surface area contributed by atoms with Crippen molar-refractivity contribution in [3.8, 4) is 0 Å². The number of nitrogens with one attached hydrogen (secondary N) is 1. The van der Waals surface area contributed by atoms with E-state index < -0.39 is 12.1 Å². The summed E-state index contributed by atoms with van der Waals surface area (Å²) in [5.74, 6) is -0.0799. The highest BCUT2D eigenvalue weighted by molar-refractivity contribution is 5.76. The molecular weight excluding hydrogens is 875 g/mol. The van der Waals surface area contributed by atoms with Crippen molar-refractivity contribution in [1.82, 2.24) is 5.32 Å². The van der Waals surface area contributed by atoms with Crippen LogP contribution in [0.1, 0.15) is 341 Å². The van der Waals surface area contributed by atoms with Crippen LogP contribution in [0.2, 0.25) is 0 Å². The van der Waals surface area contributed by atoms with E-state index in [4.69, 9.17) is 4.74 Å². The van der Waals surface area contributed by atoms with E-state index >= 15 is 0 Å². The van der Waals surface area contributed by atoms with E-state index in [1.807, 2.05) is 6.08 Å². The molecule has 0 rings (SSSR count). The maximum absolute atomic E-state index is 12.5. The number of amides is 1. The van der Waals surface area contributed by atoms with Gasteiger partial charge in [0.05, 0.1) is 25.4 Å². The number of rotatable bonds is 59. The Balaban J connectivity index is 3.47. The predicted molar refractivity (Wildman–Crippen MR) is 310 cm³/mol. The fraction of sp³-hybridized carbons (Fsp3) is 0.877. The van der Waals surface area contributed by atoms with Gasteiger partial charge in [0.1, 0.15) is 0 Å². The van der Waals surface area contributed by atoms with Gasteiger partial charge < -0.3 is 20.3 Å². The lowest BCUT2D eigenvalue weighted by Gasteiger charge is -2.20. The number of unbranched alkanes of at least 4 members (excludes halogenated alkanes) is 44. The highest BCUT2D eigenvalue weighted by atomic mass is 16.5. The van der Waals surface area contributed by atoms with Gasteiger partial charge in [-0.15, -0.1) is 0 Å². The number of allylic oxidation sites excluding steroid dienone is 5. The lowest BCUT2D eigenvalue weighted by molar-refractivity contribution is -0.143. The number of hydrogen-bond donors (Lipinski definition) is 3. The number of ether oxygens (including phenoxy) is 1. The summed E-state index contributed by atoms with van der Waals surface area (Å²) in [6.45, 7) is 4.90. The molecule has 71 heavy (non-hydrogen) atoms. The first-order valence-electron chi connectivity index (χ1n) is 31.8. The molecule has 0 radical (unpaired) electrons. The van der Waals surface area contributed by atoms with E-state index in [0.29, 0.717) is 19.4 Å². The van der Waals surface area contributed by atoms with Crippen LogP contribution in [0, 0.1) is 0 Å². The zero-order chi connectivity index (χ0) is 51.4. The maximum atomic E-state index is 12.5. The molecule has 0 aliphatic carbocycles. The van der Waals surface area contributed by atoms with Crippen molar-refractivity contribution in [3.63, 3.8) is 0 Å². The summed E-state index contributed by atoms with van der Waals surface area (Å²) in [4.78, 5) is 24.5. The standard InChI is InChI=1S/C65H123NO5/c1-3-5-7-9-11-13-15-17-19-20-21-23-26-30-33-37-41-45-49-53-57-63(68)62(61-67)66-64(69)58-54-50-46-42-38-34-31-27-24-22-25-28-32-36-40-44-48-52-56-60-71-65(70)59-55-51-47-43-39-35-29-18-16-14-12-10-8-6-4-2/h18,22,24,29,53,57,62-63,67-68H,3-17,19-21,23,25-28,30-52,54-56,58-61H2,1-2H3,(H,66,69)/b24-22-,29-18-,57-53+. The summed E-state index contributed by atoms with van der Waals surface area (Å²) < 4.78 is 5.48. The van der Waals surface area contributed by atoms with Crippen LogP contribution in [0.25, 0.3) is 0 Å². The number of carbonyl (C=O) groups is 2. The summed E-state index contributed by atoms with van der Waals surface area (Å²) in [7, 11) is 0. The molecule has 6 heteroatoms. The molecule has 0 bridgehead atoms. The Kier molecular flexibility index (Phi) is 59.0. The Labute approximate surface area is 443 Å². The molecule has 0 spiro atoms. The van der Waals surface area contributed by atoms with Crippen molar-refractivity contribution in [2.24, 2.45) is 0 Å². The fourth-order valence-electron chi connectivity index (χ4n) is 9.74. The van der Waals surface area contributed by atoms with Crippen molar-refractivity contribution < 1.29 is 24.5 Å². The number of aliphatic hydroxyl groups is 2. The SMILES string of the molecule is CCCCCCCC/C=C\CCCCCCCC(=O)OCCCCCCCCCC/C=C\CCCCCCCCCC(=O)NC(CO)C(O)/C=C/CCCCCCCCCCCCCCCCCCCC. The third-order valence-electron chi connectivity index (χ3n) is 14.6. The van der Waals surface area contributed by atoms with E-state index in [0.717, 1.165) is 51.4 Å². The molecule has 2 atom stereocenters. The van der Waals surface area contributed by atoms with Gasteiger partial charge in [0.2, 0.25) is 5.91 Å². The van der Waals surface area contributed by atoms with Crippen molar-refractivity contribution in [2.75, 3.05) is 13.2 Å². The normalized spacial score (nSPS) is 12.8. The van der Waals surface area contributed by atoms with Gasteiger partial charge in [-0.05, 0) is 83.5 Å². The lowest BCUT2D eigenvalue weighted by atomic mass is 10.0. The first kappa shape index (κ1) is 69.1. The Bertz CT molecular complexity index is 1150. The molecule has 418 valence electrons. The molecule has 0 aliphatic heterocycles. The highest BCUT2D eigenvalue weighted by Gasteiger charge is 2.18. The number of hydrogen-bond acceptors (Lipinski definition) is 5. The van der Waals surface area contributed by atoms with Gasteiger partial charge in [-0.1, -0.05) is 281 Å². The second-order valence-corrected chi connectivity index (χ2v) is 21.7. The van der Waals surface area contributed by atoms with Gasteiger partial charge in [-0.2, -0.15) is 0 Å². The number of esters is 1. The third-order valence-corrected chi connectivity index (χ3v) is 14.6. The maximum Gasteiger partial charge on any atom is 0.305 e. The lowest BCUT2D eigenvalue weighted by Crippen LogP contribution is -2.45. The van der Waals surface area contributed by atoms with Crippen molar-refractivity contribution in [3.05, 3.63) is 36.5 Å². The number of aliphatic hydroxyl groups excluding tert-OH is 2. The zero-order valence-corrected chi connectivity index (χ0v) is 47.7. The smallest absolute Gasteiger partial charge is 0.305 e. The molecule has 2 unspecified atom stereocenters. The summed E-state index contributed by atoms with van der Waals surface area (Å²) in [6, 6.07) is -0.636. The Morgan fingerprint density at radius 2 is 0.662 bits per heavy atom. The van der Waals surface area contributed by atoms with Gasteiger partial charge in [0.15, 0.2) is 0 Å². The van der Waals surface area contributed by atoms with Gasteiger partial charge in [-0.25, -0.2) is 0 Å². The first-order valence-corrected chi connectivity index (χ1v) is 31.8. The molecule has 3 N–H and O–H groups in total. The van der Waals surface area contributed by atoms with Crippen LogP contribution in [0.3, 0.4) is 0 Å². The van der Waals surface area contributed by atoms with Crippen molar-refractivity contribution in [1.29, 1.82) is 0 Å². The molecule has 0 saturated carbocycles. The average Bonchev–Trinajstić information content (AvgIpc) is 3.37. The molecule has 6 nitrogen and oxygen atoms in total. The van der Waals surface area contributed by atoms with E-state index in [-0.39, 0.29) is 18.5 Å². The monoisotopic (exact) mass is 998 g/mol. The predicted octanol–water partition coefficient (Wildman–Crippen LogP) is 20.0. The van der Waals surface area contributed by atoms with Crippen LogP contribution >= 0.6 is 0 Å². The largest absolute Gasteiger partial charge is 0.466 e. The van der Waals surface area contributed by atoms with Gasteiger partial charge >= 0.3 is 5.97 Å². The molecule has 0 heterocycles. The van der Waals surface area contributed by atoms with Crippen LogP contribution in [0.4, 0.5) is 0 Å². The molecular formula is C65H123NO5. The summed E-state index contributed by atoms with van der Waals surface area (Å²) >= 11 is 0. The molecule has 0 aromatic rings. The van der Waals surface area contributed by atoms with Crippen molar-refractivity contribution >= 4 is 11.9 Å². The fourth-order valence-corrected chi connectivity index (χ4v) is 9.74. The molecule has 0 aliphatic rings. The summed E-state index contributed by atoms with van der Waals surface area (Å²) in [6.07, 6.45) is 76.1. The molecule has 0 aromatic heterocycles. The zero-order valence-electron chi connectivity index (χ0n) is 47.7. The van der Waals surface area contributed by atoms with E-state index in [1.54, 1.807) is 6.08 Å². The first-order chi connectivity index (χ1) is 35.0. The van der Waals surface area contributed by atoms with Crippen LogP contribution in [0.5, 0.6) is 0 Å². The minimum atomic E-state index is -0.852. The average molecular weight is 999 g/mol. The minimum absolute atomic E-state index is 0.00450. The third kappa shape index (κ3) is 57.2. The van der Waals surface area contributed by atoms with Crippen LogP contribution in [0.15, 0.2) is 36.5 Å². The molecule has 1 amide bonds. The molecule has 0 fully saturated rings. The van der Waals surface area contributed by atoms with E-state index in [1.165, 1.54) is 263 Å². The Morgan fingerprint density at radius 1 is 0.380 bits per heavy atom. The highest BCUT2D eigenvalue weighted by Crippen LogP contribution is 2.17. The summed E-state index contributed by atoms with van der Waals surface area (Å²) in [5, 5.41) is 23.2. The summed E-state index contributed by atoms with van der Waals surface area (Å²) in [5.41, 5.74) is 0. The molecule has 0 saturated heterocycles. The molecule has 0 aromatic carbocycles. The minimum Gasteiger partial charge on any atom is -0.466 e. The van der Waals surface area contributed by atoms with Gasteiger partial charge in [0, 0.05) is 12.8 Å².